The highest BCUT2D eigenvalue weighted by atomic mass is 16.3. The maximum atomic E-state index is 13.1. The molecular formula is C24H36N2O2. The minimum atomic E-state index is -0.436. The van der Waals surface area contributed by atoms with Crippen molar-refractivity contribution in [3.8, 4) is 0 Å². The molecule has 0 radical (unpaired) electrons. The van der Waals surface area contributed by atoms with Crippen LogP contribution in [-0.2, 0) is 11.3 Å². The van der Waals surface area contributed by atoms with E-state index in [0.717, 1.165) is 48.9 Å². The van der Waals surface area contributed by atoms with Crippen molar-refractivity contribution in [1.82, 2.24) is 9.78 Å². The fourth-order valence-corrected chi connectivity index (χ4v) is 8.27. The molecule has 4 saturated carbocycles. The summed E-state index contributed by atoms with van der Waals surface area (Å²) in [4.78, 5) is 13.1. The summed E-state index contributed by atoms with van der Waals surface area (Å²) < 4.78 is 1.80. The molecule has 154 valence electrons. The van der Waals surface area contributed by atoms with Gasteiger partial charge in [0.25, 0.3) is 0 Å². The van der Waals surface area contributed by atoms with Crippen LogP contribution >= 0.6 is 0 Å². The average Bonchev–Trinajstić information content (AvgIpc) is 3.27. The van der Waals surface area contributed by atoms with Crippen molar-refractivity contribution in [2.75, 3.05) is 0 Å². The van der Waals surface area contributed by atoms with E-state index in [4.69, 9.17) is 0 Å². The number of fused-ring (bicyclic) bond motifs is 5. The van der Waals surface area contributed by atoms with Gasteiger partial charge >= 0.3 is 0 Å². The highest BCUT2D eigenvalue weighted by molar-refractivity contribution is 5.82. The third-order valence-corrected chi connectivity index (χ3v) is 9.50. The second-order valence-electron chi connectivity index (χ2n) is 11.0. The Bertz CT molecular complexity index is 727. The molecule has 4 fully saturated rings. The van der Waals surface area contributed by atoms with E-state index in [1.54, 1.807) is 10.9 Å². The zero-order valence-electron chi connectivity index (χ0n) is 17.5. The van der Waals surface area contributed by atoms with Gasteiger partial charge in [-0.1, -0.05) is 6.92 Å². The fourth-order valence-electron chi connectivity index (χ4n) is 8.27. The van der Waals surface area contributed by atoms with Gasteiger partial charge < -0.3 is 5.11 Å². The Morgan fingerprint density at radius 3 is 2.68 bits per heavy atom. The lowest BCUT2D eigenvalue weighted by molar-refractivity contribution is -0.133. The molecular weight excluding hydrogens is 348 g/mol. The van der Waals surface area contributed by atoms with E-state index in [2.05, 4.69) is 12.0 Å². The highest BCUT2D eigenvalue weighted by Crippen LogP contribution is 2.64. The molecule has 0 spiro atoms. The molecule has 1 heterocycles. The quantitative estimate of drug-likeness (QED) is 0.836. The number of nitrogens with zero attached hydrogens (tertiary/aromatic N) is 2. The second-order valence-corrected chi connectivity index (χ2v) is 11.0. The van der Waals surface area contributed by atoms with E-state index in [0.29, 0.717) is 12.3 Å². The Kier molecular flexibility index (Phi) is 4.50. The van der Waals surface area contributed by atoms with E-state index in [1.807, 2.05) is 19.2 Å². The highest BCUT2D eigenvalue weighted by Gasteiger charge is 2.58. The van der Waals surface area contributed by atoms with Gasteiger partial charge in [-0.25, -0.2) is 0 Å². The van der Waals surface area contributed by atoms with Crippen molar-refractivity contribution in [1.29, 1.82) is 0 Å². The number of ketones is 1. The van der Waals surface area contributed by atoms with Gasteiger partial charge in [-0.3, -0.25) is 9.48 Å². The van der Waals surface area contributed by atoms with Crippen LogP contribution in [0, 0.1) is 40.9 Å². The predicted molar refractivity (Wildman–Crippen MR) is 108 cm³/mol. The zero-order valence-corrected chi connectivity index (χ0v) is 17.5. The van der Waals surface area contributed by atoms with Crippen molar-refractivity contribution in [2.45, 2.75) is 83.8 Å². The predicted octanol–water partition coefficient (Wildman–Crippen LogP) is 4.47. The number of Topliss-reactive ketones (excluding diaryl/α,β-unsaturated/α-hetero) is 1. The molecule has 0 saturated heterocycles. The Morgan fingerprint density at radius 1 is 1.07 bits per heavy atom. The first-order valence-corrected chi connectivity index (χ1v) is 11.6. The standard InChI is InChI=1S/C24H36N2O2/c1-23(28)10-8-17-16(14-23)4-5-19-18(17)9-11-24(2)20(19)6-7-21(24)22(27)15-26-13-3-12-25-26/h3,12-13,16-21,28H,4-11,14-15H2,1-2H3/t16-,17-,18+,19+,20-,21+,23+,24-/m0/s1. The van der Waals surface area contributed by atoms with Crippen LogP contribution < -0.4 is 0 Å². The van der Waals surface area contributed by atoms with E-state index in [9.17, 15) is 9.90 Å². The molecule has 5 rings (SSSR count). The van der Waals surface area contributed by atoms with Crippen LogP contribution in [0.2, 0.25) is 0 Å². The summed E-state index contributed by atoms with van der Waals surface area (Å²) in [6.45, 7) is 4.91. The number of aliphatic hydroxyl groups is 1. The van der Waals surface area contributed by atoms with Crippen molar-refractivity contribution in [3.05, 3.63) is 18.5 Å². The third kappa shape index (κ3) is 2.98. The smallest absolute Gasteiger partial charge is 0.157 e. The van der Waals surface area contributed by atoms with E-state index in [-0.39, 0.29) is 11.3 Å². The maximum absolute atomic E-state index is 13.1. The number of carbonyl (C=O) groups excluding carboxylic acids is 1. The van der Waals surface area contributed by atoms with Crippen LogP contribution in [0.25, 0.3) is 0 Å². The Hall–Kier alpha value is -1.16. The van der Waals surface area contributed by atoms with Gasteiger partial charge in [0.05, 0.1) is 12.1 Å². The summed E-state index contributed by atoms with van der Waals surface area (Å²) in [6.07, 6.45) is 14.3. The van der Waals surface area contributed by atoms with Crippen LogP contribution in [0.5, 0.6) is 0 Å². The fraction of sp³-hybridized carbons (Fsp3) is 0.833. The summed E-state index contributed by atoms with van der Waals surface area (Å²) in [6, 6.07) is 1.90. The summed E-state index contributed by atoms with van der Waals surface area (Å²) >= 11 is 0. The molecule has 1 aromatic heterocycles. The monoisotopic (exact) mass is 384 g/mol. The first kappa shape index (κ1) is 18.8. The number of rotatable bonds is 3. The van der Waals surface area contributed by atoms with Crippen LogP contribution in [0.4, 0.5) is 0 Å². The molecule has 28 heavy (non-hydrogen) atoms. The van der Waals surface area contributed by atoms with Gasteiger partial charge in [0, 0.05) is 18.3 Å². The first-order valence-electron chi connectivity index (χ1n) is 11.6. The van der Waals surface area contributed by atoms with E-state index < -0.39 is 5.60 Å². The first-order chi connectivity index (χ1) is 13.4. The van der Waals surface area contributed by atoms with Crippen LogP contribution in [0.1, 0.15) is 71.6 Å². The maximum Gasteiger partial charge on any atom is 0.157 e. The average molecular weight is 385 g/mol. The summed E-state index contributed by atoms with van der Waals surface area (Å²) in [7, 11) is 0. The van der Waals surface area contributed by atoms with Gasteiger partial charge in [0.2, 0.25) is 0 Å². The van der Waals surface area contributed by atoms with Gasteiger partial charge in [0.15, 0.2) is 5.78 Å². The largest absolute Gasteiger partial charge is 0.390 e. The third-order valence-electron chi connectivity index (χ3n) is 9.50. The van der Waals surface area contributed by atoms with Crippen LogP contribution in [-0.4, -0.2) is 26.3 Å². The summed E-state index contributed by atoms with van der Waals surface area (Å²) in [5, 5.41) is 14.8. The molecule has 8 atom stereocenters. The molecule has 4 aliphatic carbocycles. The number of aromatic nitrogens is 2. The lowest BCUT2D eigenvalue weighted by Crippen LogP contribution is -2.51. The van der Waals surface area contributed by atoms with Gasteiger partial charge in [-0.15, -0.1) is 0 Å². The van der Waals surface area contributed by atoms with Crippen molar-refractivity contribution < 1.29 is 9.90 Å². The summed E-state index contributed by atoms with van der Waals surface area (Å²) in [5.74, 6) is 4.54. The number of hydrogen-bond donors (Lipinski definition) is 1. The summed E-state index contributed by atoms with van der Waals surface area (Å²) in [5.41, 5.74) is -0.243. The number of hydrogen-bond acceptors (Lipinski definition) is 3. The molecule has 1 aromatic rings. The minimum Gasteiger partial charge on any atom is -0.390 e. The van der Waals surface area contributed by atoms with Crippen molar-refractivity contribution in [3.63, 3.8) is 0 Å². The van der Waals surface area contributed by atoms with E-state index in [1.165, 1.54) is 38.5 Å². The zero-order chi connectivity index (χ0) is 19.5. The Balaban J connectivity index is 1.32. The lowest BCUT2D eigenvalue weighted by Gasteiger charge is -2.56. The van der Waals surface area contributed by atoms with E-state index >= 15 is 0 Å². The van der Waals surface area contributed by atoms with Gasteiger partial charge in [0.1, 0.15) is 0 Å². The normalized spacial score (nSPS) is 47.8. The van der Waals surface area contributed by atoms with Crippen LogP contribution in [0.15, 0.2) is 18.5 Å². The van der Waals surface area contributed by atoms with Gasteiger partial charge in [-0.2, -0.15) is 5.10 Å². The molecule has 4 heteroatoms. The molecule has 0 bridgehead atoms. The molecule has 0 unspecified atom stereocenters. The molecule has 4 nitrogen and oxygen atoms in total. The molecule has 0 aromatic carbocycles. The SMILES string of the molecule is C[C@@]1(O)CC[C@H]2[C@@H](CC[C@@H]3[C@@H]2CC[C@]2(C)[C@@H](C(=O)Cn4cccn4)CC[C@@H]32)C1. The van der Waals surface area contributed by atoms with Crippen LogP contribution in [0.3, 0.4) is 0 Å². The topological polar surface area (TPSA) is 55.1 Å². The van der Waals surface area contributed by atoms with Gasteiger partial charge in [-0.05, 0) is 106 Å². The molecule has 4 aliphatic rings. The number of carbonyl (C=O) groups is 1. The molecule has 1 N–H and O–H groups in total. The van der Waals surface area contributed by atoms with Crippen molar-refractivity contribution >= 4 is 5.78 Å². The minimum absolute atomic E-state index is 0.193. The lowest BCUT2D eigenvalue weighted by atomic mass is 9.49. The molecule has 0 amide bonds. The second kappa shape index (κ2) is 6.68. The Morgan fingerprint density at radius 2 is 1.89 bits per heavy atom. The van der Waals surface area contributed by atoms with Crippen molar-refractivity contribution in [2.24, 2.45) is 40.9 Å². The Labute approximate surface area is 169 Å². The molecule has 0 aliphatic heterocycles.